The number of hydrogen-bond acceptors (Lipinski definition) is 2. The zero-order chi connectivity index (χ0) is 12.7. The van der Waals surface area contributed by atoms with Crippen LogP contribution in [0, 0.1) is 30.9 Å². The highest BCUT2D eigenvalue weighted by Gasteiger charge is 2.28. The summed E-state index contributed by atoms with van der Waals surface area (Å²) in [4.78, 5) is 10.9. The van der Waals surface area contributed by atoms with Crippen molar-refractivity contribution in [2.45, 2.75) is 47.0 Å². The Kier molecular flexibility index (Phi) is 3.08. The molecule has 1 aromatic carbocycles. The third kappa shape index (κ3) is 2.08. The fourth-order valence-corrected chi connectivity index (χ4v) is 1.88. The molecule has 3 heteroatoms. The Morgan fingerprint density at radius 1 is 1.12 bits per heavy atom. The summed E-state index contributed by atoms with van der Waals surface area (Å²) < 4.78 is 0. The maximum Gasteiger partial charge on any atom is 0.276 e. The third-order valence-electron chi connectivity index (χ3n) is 3.12. The van der Waals surface area contributed by atoms with Crippen LogP contribution in [-0.4, -0.2) is 4.92 Å². The molecule has 1 rings (SSSR count). The van der Waals surface area contributed by atoms with Gasteiger partial charge in [-0.2, -0.15) is 0 Å². The number of aryl methyl sites for hydroxylation is 1. The fourth-order valence-electron chi connectivity index (χ4n) is 1.88. The van der Waals surface area contributed by atoms with Crippen molar-refractivity contribution >= 4 is 5.69 Å². The Balaban J connectivity index is 3.67. The number of nitro benzene ring substituents is 1. The van der Waals surface area contributed by atoms with E-state index in [1.807, 2.05) is 47.6 Å². The van der Waals surface area contributed by atoms with E-state index in [0.717, 1.165) is 22.3 Å². The number of benzene rings is 1. The maximum absolute atomic E-state index is 11.2. The lowest BCUT2D eigenvalue weighted by Gasteiger charge is -2.21. The molecule has 0 spiro atoms. The summed E-state index contributed by atoms with van der Waals surface area (Å²) in [5.74, 6) is 0. The van der Waals surface area contributed by atoms with Crippen LogP contribution in [0.5, 0.6) is 0 Å². The van der Waals surface area contributed by atoms with E-state index in [9.17, 15) is 10.1 Å². The summed E-state index contributed by atoms with van der Waals surface area (Å²) >= 11 is 0. The molecule has 0 atom stereocenters. The molecule has 0 amide bonds. The molecule has 0 aliphatic rings. The van der Waals surface area contributed by atoms with E-state index in [0.29, 0.717) is 0 Å². The van der Waals surface area contributed by atoms with E-state index in [1.54, 1.807) is 0 Å². The molecule has 3 nitrogen and oxygen atoms in total. The lowest BCUT2D eigenvalue weighted by molar-refractivity contribution is -0.386. The first-order valence-electron chi connectivity index (χ1n) is 5.42. The van der Waals surface area contributed by atoms with Gasteiger partial charge >= 0.3 is 0 Å². The molecule has 1 aromatic rings. The molecule has 0 radical (unpaired) electrons. The van der Waals surface area contributed by atoms with Gasteiger partial charge in [0, 0.05) is 11.1 Å². The van der Waals surface area contributed by atoms with Gasteiger partial charge in [-0.1, -0.05) is 20.8 Å². The van der Waals surface area contributed by atoms with E-state index in [2.05, 4.69) is 0 Å². The smallest absolute Gasteiger partial charge is 0.258 e. The van der Waals surface area contributed by atoms with Crippen molar-refractivity contribution in [2.24, 2.45) is 0 Å². The molecule has 0 aromatic heterocycles. The van der Waals surface area contributed by atoms with Crippen molar-refractivity contribution in [1.82, 2.24) is 0 Å². The average molecular weight is 221 g/mol. The molecule has 0 N–H and O–H groups in total. The summed E-state index contributed by atoms with van der Waals surface area (Å²) in [5.41, 5.74) is 3.81. The topological polar surface area (TPSA) is 43.1 Å². The monoisotopic (exact) mass is 221 g/mol. The predicted molar refractivity (Wildman–Crippen MR) is 66.0 cm³/mol. The Hall–Kier alpha value is -1.38. The molecule has 0 saturated heterocycles. The second kappa shape index (κ2) is 3.89. The summed E-state index contributed by atoms with van der Waals surface area (Å²) in [6.45, 7) is 11.8. The van der Waals surface area contributed by atoms with Gasteiger partial charge in [0.25, 0.3) is 5.69 Å². The lowest BCUT2D eigenvalue weighted by Crippen LogP contribution is -2.15. The highest BCUT2D eigenvalue weighted by molar-refractivity contribution is 5.56. The first-order valence-corrected chi connectivity index (χ1v) is 5.42. The zero-order valence-corrected chi connectivity index (χ0v) is 10.8. The largest absolute Gasteiger partial charge is 0.276 e. The Morgan fingerprint density at radius 3 is 2.00 bits per heavy atom. The zero-order valence-electron chi connectivity index (χ0n) is 10.8. The second-order valence-electron chi connectivity index (χ2n) is 5.35. The molecule has 0 saturated carbocycles. The van der Waals surface area contributed by atoms with Crippen LogP contribution >= 0.6 is 0 Å². The molecular weight excluding hydrogens is 202 g/mol. The first kappa shape index (κ1) is 12.7. The lowest BCUT2D eigenvalue weighted by atomic mass is 9.82. The fraction of sp³-hybridized carbons (Fsp3) is 0.538. The molecule has 0 aliphatic carbocycles. The highest BCUT2D eigenvalue weighted by Crippen LogP contribution is 2.36. The van der Waals surface area contributed by atoms with Crippen molar-refractivity contribution in [1.29, 1.82) is 0 Å². The van der Waals surface area contributed by atoms with Gasteiger partial charge < -0.3 is 0 Å². The Morgan fingerprint density at radius 2 is 1.62 bits per heavy atom. The number of nitro groups is 1. The SMILES string of the molecule is Cc1cc(C(C)(C)C)c([N+](=O)[O-])c(C)c1C. The van der Waals surface area contributed by atoms with Crippen LogP contribution in [0.1, 0.15) is 43.0 Å². The second-order valence-corrected chi connectivity index (χ2v) is 5.35. The summed E-state index contributed by atoms with van der Waals surface area (Å²) in [6, 6.07) is 1.94. The van der Waals surface area contributed by atoms with Gasteiger partial charge in [0.15, 0.2) is 0 Å². The minimum atomic E-state index is -0.262. The number of nitrogens with zero attached hydrogens (tertiary/aromatic N) is 1. The predicted octanol–water partition coefficient (Wildman–Crippen LogP) is 3.82. The quantitative estimate of drug-likeness (QED) is 0.534. The molecule has 0 bridgehead atoms. The van der Waals surface area contributed by atoms with Crippen LogP contribution in [0.4, 0.5) is 5.69 Å². The minimum absolute atomic E-state index is 0.203. The van der Waals surface area contributed by atoms with Gasteiger partial charge in [-0.25, -0.2) is 0 Å². The van der Waals surface area contributed by atoms with Gasteiger partial charge in [0.1, 0.15) is 0 Å². The summed E-state index contributed by atoms with van der Waals surface area (Å²) in [7, 11) is 0. The van der Waals surface area contributed by atoms with Crippen LogP contribution in [0.2, 0.25) is 0 Å². The van der Waals surface area contributed by atoms with Gasteiger partial charge in [-0.3, -0.25) is 10.1 Å². The summed E-state index contributed by atoms with van der Waals surface area (Å²) in [5, 5.41) is 11.2. The maximum atomic E-state index is 11.2. The molecule has 16 heavy (non-hydrogen) atoms. The van der Waals surface area contributed by atoms with E-state index in [1.165, 1.54) is 0 Å². The van der Waals surface area contributed by atoms with Crippen LogP contribution in [0.25, 0.3) is 0 Å². The normalized spacial score (nSPS) is 11.6. The minimum Gasteiger partial charge on any atom is -0.258 e. The van der Waals surface area contributed by atoms with Gasteiger partial charge in [-0.05, 0) is 43.4 Å². The van der Waals surface area contributed by atoms with E-state index in [-0.39, 0.29) is 16.0 Å². The molecule has 0 unspecified atom stereocenters. The number of rotatable bonds is 1. The van der Waals surface area contributed by atoms with E-state index >= 15 is 0 Å². The summed E-state index contributed by atoms with van der Waals surface area (Å²) in [6.07, 6.45) is 0. The molecule has 0 fully saturated rings. The van der Waals surface area contributed by atoms with Gasteiger partial charge in [-0.15, -0.1) is 0 Å². The van der Waals surface area contributed by atoms with Gasteiger partial charge in [0.05, 0.1) is 4.92 Å². The number of hydrogen-bond donors (Lipinski definition) is 0. The molecular formula is C13H19NO2. The van der Waals surface area contributed by atoms with Gasteiger partial charge in [0.2, 0.25) is 0 Å². The van der Waals surface area contributed by atoms with Crippen molar-refractivity contribution < 1.29 is 4.92 Å². The third-order valence-corrected chi connectivity index (χ3v) is 3.12. The van der Waals surface area contributed by atoms with Crippen molar-refractivity contribution in [2.75, 3.05) is 0 Å². The average Bonchev–Trinajstić information content (AvgIpc) is 2.11. The van der Waals surface area contributed by atoms with E-state index in [4.69, 9.17) is 0 Å². The molecule has 0 aliphatic heterocycles. The molecule has 0 heterocycles. The van der Waals surface area contributed by atoms with Crippen LogP contribution in [0.15, 0.2) is 6.07 Å². The van der Waals surface area contributed by atoms with Crippen LogP contribution < -0.4 is 0 Å². The molecule has 88 valence electrons. The van der Waals surface area contributed by atoms with E-state index < -0.39 is 0 Å². The first-order chi connectivity index (χ1) is 7.16. The Labute approximate surface area is 96.6 Å². The van der Waals surface area contributed by atoms with Crippen LogP contribution in [0.3, 0.4) is 0 Å². The standard InChI is InChI=1S/C13H19NO2/c1-8-7-11(13(4,5)6)12(14(15)16)10(3)9(8)2/h7H,1-6H3. The van der Waals surface area contributed by atoms with Crippen molar-refractivity contribution in [3.63, 3.8) is 0 Å². The highest BCUT2D eigenvalue weighted by atomic mass is 16.6. The van der Waals surface area contributed by atoms with Crippen molar-refractivity contribution in [3.8, 4) is 0 Å². The van der Waals surface area contributed by atoms with Crippen molar-refractivity contribution in [3.05, 3.63) is 38.4 Å². The Bertz CT molecular complexity index is 442. The van der Waals surface area contributed by atoms with Crippen LogP contribution in [-0.2, 0) is 5.41 Å².